The molecular weight excluding hydrogens is 204 g/mol. The molecule has 1 aliphatic carbocycles. The molecule has 0 bridgehead atoms. The molecule has 2 rings (SSSR count). The largest absolute Gasteiger partial charge is 0.314 e. The lowest BCUT2D eigenvalue weighted by atomic mass is 10.2. The van der Waals surface area contributed by atoms with E-state index in [1.807, 2.05) is 0 Å². The van der Waals surface area contributed by atoms with Crippen molar-refractivity contribution < 1.29 is 0 Å². The molecule has 1 heterocycles. The summed E-state index contributed by atoms with van der Waals surface area (Å²) < 4.78 is 0. The van der Waals surface area contributed by atoms with Crippen molar-refractivity contribution in [3.63, 3.8) is 0 Å². The molecule has 0 aromatic heterocycles. The summed E-state index contributed by atoms with van der Waals surface area (Å²) in [5.74, 6) is 2.67. The average molecular weight is 228 g/mol. The van der Waals surface area contributed by atoms with Gasteiger partial charge in [-0.3, -0.25) is 4.90 Å². The molecule has 0 amide bonds. The zero-order valence-electron chi connectivity index (χ0n) is 9.87. The van der Waals surface area contributed by atoms with Crippen LogP contribution in [-0.4, -0.2) is 48.1 Å². The summed E-state index contributed by atoms with van der Waals surface area (Å²) >= 11 is 2.11. The van der Waals surface area contributed by atoms with Crippen LogP contribution in [0.15, 0.2) is 0 Å². The van der Waals surface area contributed by atoms with E-state index in [0.29, 0.717) is 0 Å². The van der Waals surface area contributed by atoms with Gasteiger partial charge in [-0.15, -0.1) is 0 Å². The maximum absolute atomic E-state index is 3.58. The van der Waals surface area contributed by atoms with Gasteiger partial charge >= 0.3 is 0 Å². The Morgan fingerprint density at radius 1 is 1.33 bits per heavy atom. The molecule has 0 aromatic rings. The van der Waals surface area contributed by atoms with Gasteiger partial charge in [-0.2, -0.15) is 11.8 Å². The van der Waals surface area contributed by atoms with Crippen LogP contribution in [0.1, 0.15) is 32.6 Å². The third-order valence-corrected chi connectivity index (χ3v) is 4.58. The van der Waals surface area contributed by atoms with E-state index < -0.39 is 0 Å². The Morgan fingerprint density at radius 3 is 2.93 bits per heavy atom. The Labute approximate surface area is 98.2 Å². The van der Waals surface area contributed by atoms with Gasteiger partial charge in [0.1, 0.15) is 0 Å². The number of rotatable bonds is 6. The highest BCUT2D eigenvalue weighted by atomic mass is 32.2. The van der Waals surface area contributed by atoms with Crippen LogP contribution >= 0.6 is 11.8 Å². The van der Waals surface area contributed by atoms with Crippen molar-refractivity contribution >= 4 is 11.8 Å². The van der Waals surface area contributed by atoms with Gasteiger partial charge in [0.25, 0.3) is 0 Å². The monoisotopic (exact) mass is 228 g/mol. The van der Waals surface area contributed by atoms with E-state index in [9.17, 15) is 0 Å². The van der Waals surface area contributed by atoms with Crippen LogP contribution in [-0.2, 0) is 0 Å². The predicted molar refractivity (Wildman–Crippen MR) is 68.6 cm³/mol. The van der Waals surface area contributed by atoms with Gasteiger partial charge in [0.15, 0.2) is 0 Å². The van der Waals surface area contributed by atoms with Crippen molar-refractivity contribution in [2.75, 3.05) is 31.1 Å². The van der Waals surface area contributed by atoms with E-state index in [0.717, 1.165) is 12.1 Å². The van der Waals surface area contributed by atoms with Crippen molar-refractivity contribution in [1.29, 1.82) is 0 Å². The van der Waals surface area contributed by atoms with E-state index in [4.69, 9.17) is 0 Å². The molecule has 2 nitrogen and oxygen atoms in total. The van der Waals surface area contributed by atoms with Crippen molar-refractivity contribution in [2.24, 2.45) is 0 Å². The molecule has 1 atom stereocenters. The van der Waals surface area contributed by atoms with Crippen LogP contribution in [0.5, 0.6) is 0 Å². The molecule has 1 saturated carbocycles. The van der Waals surface area contributed by atoms with Crippen LogP contribution in [0.3, 0.4) is 0 Å². The quantitative estimate of drug-likeness (QED) is 0.700. The molecular formula is C12H24N2S. The van der Waals surface area contributed by atoms with E-state index >= 15 is 0 Å². The predicted octanol–water partition coefficient (Wildman–Crippen LogP) is 1.96. The Bertz CT molecular complexity index is 182. The number of nitrogens with one attached hydrogen (secondary N) is 1. The molecule has 1 unspecified atom stereocenters. The van der Waals surface area contributed by atoms with Crippen molar-refractivity contribution in [3.8, 4) is 0 Å². The summed E-state index contributed by atoms with van der Waals surface area (Å²) in [5.41, 5.74) is 0. The Morgan fingerprint density at radius 2 is 2.20 bits per heavy atom. The molecule has 2 fully saturated rings. The van der Waals surface area contributed by atoms with Crippen LogP contribution in [0.25, 0.3) is 0 Å². The standard InChI is InChI=1S/C12H24N2S/c1-11-10-15-9-8-14(11)7-3-2-6-13-12-4-5-12/h11-13H,2-10H2,1H3. The topological polar surface area (TPSA) is 15.3 Å². The van der Waals surface area contributed by atoms with E-state index in [1.165, 1.54) is 56.8 Å². The molecule has 1 N–H and O–H groups in total. The smallest absolute Gasteiger partial charge is 0.0158 e. The molecule has 0 radical (unpaired) electrons. The lowest BCUT2D eigenvalue weighted by molar-refractivity contribution is 0.228. The first kappa shape index (κ1) is 11.7. The minimum Gasteiger partial charge on any atom is -0.314 e. The first-order valence-electron chi connectivity index (χ1n) is 6.41. The van der Waals surface area contributed by atoms with Gasteiger partial charge < -0.3 is 5.32 Å². The SMILES string of the molecule is CC1CSCCN1CCCCNC1CC1. The first-order valence-corrected chi connectivity index (χ1v) is 7.57. The first-order chi connectivity index (χ1) is 7.36. The number of unbranched alkanes of at least 4 members (excludes halogenated alkanes) is 1. The van der Waals surface area contributed by atoms with Crippen LogP contribution < -0.4 is 5.32 Å². The highest BCUT2D eigenvalue weighted by molar-refractivity contribution is 7.99. The molecule has 2 aliphatic rings. The molecule has 88 valence electrons. The van der Waals surface area contributed by atoms with Gasteiger partial charge in [0, 0.05) is 30.1 Å². The van der Waals surface area contributed by atoms with Gasteiger partial charge in [0.05, 0.1) is 0 Å². The average Bonchev–Trinajstić information content (AvgIpc) is 3.04. The van der Waals surface area contributed by atoms with Gasteiger partial charge in [-0.05, 0) is 45.7 Å². The normalized spacial score (nSPS) is 28.2. The maximum atomic E-state index is 3.58. The molecule has 3 heteroatoms. The molecule has 0 spiro atoms. The summed E-state index contributed by atoms with van der Waals surface area (Å²) in [7, 11) is 0. The number of hydrogen-bond acceptors (Lipinski definition) is 3. The van der Waals surface area contributed by atoms with E-state index in [2.05, 4.69) is 28.9 Å². The van der Waals surface area contributed by atoms with E-state index in [1.54, 1.807) is 0 Å². The number of thioether (sulfide) groups is 1. The summed E-state index contributed by atoms with van der Waals surface area (Å²) in [5, 5.41) is 3.58. The molecule has 0 aromatic carbocycles. The zero-order chi connectivity index (χ0) is 10.5. The van der Waals surface area contributed by atoms with Crippen molar-refractivity contribution in [2.45, 2.75) is 44.7 Å². The fourth-order valence-corrected chi connectivity index (χ4v) is 3.21. The number of nitrogens with zero attached hydrogens (tertiary/aromatic N) is 1. The lowest BCUT2D eigenvalue weighted by Crippen LogP contribution is -2.40. The second kappa shape index (κ2) is 6.12. The third kappa shape index (κ3) is 4.33. The second-order valence-electron chi connectivity index (χ2n) is 4.90. The second-order valence-corrected chi connectivity index (χ2v) is 6.05. The van der Waals surface area contributed by atoms with Gasteiger partial charge in [-0.1, -0.05) is 0 Å². The summed E-state index contributed by atoms with van der Waals surface area (Å²) in [6.07, 6.45) is 5.56. The minimum absolute atomic E-state index is 0.806. The Balaban J connectivity index is 1.48. The summed E-state index contributed by atoms with van der Waals surface area (Å²) in [4.78, 5) is 2.66. The summed E-state index contributed by atoms with van der Waals surface area (Å²) in [6.45, 7) is 6.23. The maximum Gasteiger partial charge on any atom is 0.0158 e. The molecule has 1 aliphatic heterocycles. The third-order valence-electron chi connectivity index (χ3n) is 3.39. The van der Waals surface area contributed by atoms with Crippen LogP contribution in [0.2, 0.25) is 0 Å². The highest BCUT2D eigenvalue weighted by Crippen LogP contribution is 2.19. The fraction of sp³-hybridized carbons (Fsp3) is 1.00. The van der Waals surface area contributed by atoms with Crippen molar-refractivity contribution in [3.05, 3.63) is 0 Å². The summed E-state index contributed by atoms with van der Waals surface area (Å²) in [6, 6.07) is 1.69. The van der Waals surface area contributed by atoms with E-state index in [-0.39, 0.29) is 0 Å². The minimum atomic E-state index is 0.806. The van der Waals surface area contributed by atoms with Crippen molar-refractivity contribution in [1.82, 2.24) is 10.2 Å². The number of hydrogen-bond donors (Lipinski definition) is 1. The van der Waals surface area contributed by atoms with Gasteiger partial charge in [0.2, 0.25) is 0 Å². The lowest BCUT2D eigenvalue weighted by Gasteiger charge is -2.32. The zero-order valence-corrected chi connectivity index (χ0v) is 10.7. The molecule has 1 saturated heterocycles. The van der Waals surface area contributed by atoms with Crippen LogP contribution in [0.4, 0.5) is 0 Å². The highest BCUT2D eigenvalue weighted by Gasteiger charge is 2.20. The Kier molecular flexibility index (Phi) is 4.79. The van der Waals surface area contributed by atoms with Gasteiger partial charge in [-0.25, -0.2) is 0 Å². The molecule has 15 heavy (non-hydrogen) atoms. The van der Waals surface area contributed by atoms with Crippen LogP contribution in [0, 0.1) is 0 Å². The Hall–Kier alpha value is 0.270. The fourth-order valence-electron chi connectivity index (χ4n) is 2.13.